The molecule has 2 heterocycles. The lowest BCUT2D eigenvalue weighted by atomic mass is 9.63. The highest BCUT2D eigenvalue weighted by molar-refractivity contribution is 6.34. The van der Waals surface area contributed by atoms with Crippen LogP contribution < -0.4 is 9.64 Å². The Morgan fingerprint density at radius 3 is 2.16 bits per heavy atom. The highest BCUT2D eigenvalue weighted by atomic mass is 35.5. The van der Waals surface area contributed by atoms with Crippen molar-refractivity contribution in [2.45, 2.75) is 50.4 Å². The lowest BCUT2D eigenvalue weighted by Gasteiger charge is -2.47. The Kier molecular flexibility index (Phi) is 7.90. The minimum atomic E-state index is -0.360. The van der Waals surface area contributed by atoms with E-state index < -0.39 is 0 Å². The second-order valence-electron chi connectivity index (χ2n) is 11.5. The number of ether oxygens (including phenoxy) is 1. The number of carbonyl (C=O) groups excluding carboxylic acids is 2. The first-order chi connectivity index (χ1) is 18.3. The Hall–Kier alpha value is -2.73. The average Bonchev–Trinajstić information content (AvgIpc) is 2.92. The van der Waals surface area contributed by atoms with Crippen molar-refractivity contribution in [2.24, 2.45) is 11.8 Å². The summed E-state index contributed by atoms with van der Waals surface area (Å²) in [6.45, 7) is 3.74. The number of hydrogen-bond donors (Lipinski definition) is 0. The fourth-order valence-corrected chi connectivity index (χ4v) is 6.95. The Balaban J connectivity index is 1.15. The second-order valence-corrected chi connectivity index (χ2v) is 11.9. The number of benzene rings is 2. The molecule has 5 rings (SSSR count). The minimum absolute atomic E-state index is 0.0724. The molecule has 0 aromatic heterocycles. The van der Waals surface area contributed by atoms with E-state index in [1.54, 1.807) is 26.1 Å². The number of halogens is 1. The van der Waals surface area contributed by atoms with E-state index in [2.05, 4.69) is 21.9 Å². The van der Waals surface area contributed by atoms with Gasteiger partial charge in [0.25, 0.3) is 5.91 Å². The first-order valence-electron chi connectivity index (χ1n) is 14.0. The molecular weight excluding hydrogens is 498 g/mol. The molecule has 1 saturated carbocycles. The van der Waals surface area contributed by atoms with Gasteiger partial charge in [0.2, 0.25) is 5.91 Å². The lowest BCUT2D eigenvalue weighted by Crippen LogP contribution is -2.53. The fourth-order valence-electron chi connectivity index (χ4n) is 6.70. The van der Waals surface area contributed by atoms with E-state index in [1.165, 1.54) is 0 Å². The van der Waals surface area contributed by atoms with Gasteiger partial charge in [-0.3, -0.25) is 9.59 Å². The molecule has 7 heteroatoms. The summed E-state index contributed by atoms with van der Waals surface area (Å²) in [6, 6.07) is 13.9. The number of hydrogen-bond acceptors (Lipinski definition) is 4. The van der Waals surface area contributed by atoms with Crippen LogP contribution in [0.25, 0.3) is 0 Å². The SMILES string of the molecule is COc1cccc(C2(C(=O)N3CCC(C4CCN(c5ccc(C(=O)N(C)C)c(Cl)c5)CC4)CC3)CCC2)c1. The maximum absolute atomic E-state index is 13.8. The number of methoxy groups -OCH3 is 1. The van der Waals surface area contributed by atoms with E-state index in [4.69, 9.17) is 16.3 Å². The topological polar surface area (TPSA) is 53.1 Å². The van der Waals surface area contributed by atoms with Gasteiger partial charge in [0.05, 0.1) is 23.1 Å². The molecular formula is C31H40ClN3O3. The third kappa shape index (κ3) is 5.12. The lowest BCUT2D eigenvalue weighted by molar-refractivity contribution is -0.142. The van der Waals surface area contributed by atoms with Gasteiger partial charge in [-0.2, -0.15) is 0 Å². The minimum Gasteiger partial charge on any atom is -0.497 e. The third-order valence-electron chi connectivity index (χ3n) is 9.23. The number of piperidine rings is 2. The van der Waals surface area contributed by atoms with E-state index in [-0.39, 0.29) is 11.3 Å². The van der Waals surface area contributed by atoms with Crippen molar-refractivity contribution in [2.75, 3.05) is 52.3 Å². The summed E-state index contributed by atoms with van der Waals surface area (Å²) in [5.41, 5.74) is 2.39. The van der Waals surface area contributed by atoms with E-state index in [0.29, 0.717) is 28.3 Å². The smallest absolute Gasteiger partial charge is 0.254 e. The number of carbonyl (C=O) groups is 2. The Morgan fingerprint density at radius 2 is 1.61 bits per heavy atom. The highest BCUT2D eigenvalue weighted by Crippen LogP contribution is 2.47. The third-order valence-corrected chi connectivity index (χ3v) is 9.54. The zero-order valence-electron chi connectivity index (χ0n) is 22.9. The fraction of sp³-hybridized carbons (Fsp3) is 0.548. The Bertz CT molecular complexity index is 1160. The molecule has 0 unspecified atom stereocenters. The van der Waals surface area contributed by atoms with E-state index >= 15 is 0 Å². The van der Waals surface area contributed by atoms with Crippen LogP contribution in [0.3, 0.4) is 0 Å². The van der Waals surface area contributed by atoms with Crippen LogP contribution in [0.1, 0.15) is 60.9 Å². The number of rotatable bonds is 6. The second kappa shape index (κ2) is 11.2. The summed E-state index contributed by atoms with van der Waals surface area (Å²) in [4.78, 5) is 32.1. The molecule has 0 spiro atoms. The molecule has 2 aliphatic heterocycles. The molecule has 2 aromatic rings. The van der Waals surface area contributed by atoms with Crippen LogP contribution in [0.15, 0.2) is 42.5 Å². The van der Waals surface area contributed by atoms with E-state index in [1.807, 2.05) is 30.3 Å². The molecule has 38 heavy (non-hydrogen) atoms. The van der Waals surface area contributed by atoms with Crippen LogP contribution in [0.2, 0.25) is 5.02 Å². The molecule has 2 saturated heterocycles. The number of nitrogens with zero attached hydrogens (tertiary/aromatic N) is 3. The van der Waals surface area contributed by atoms with Gasteiger partial charge in [0.1, 0.15) is 5.75 Å². The zero-order valence-corrected chi connectivity index (χ0v) is 23.7. The van der Waals surface area contributed by atoms with Gasteiger partial charge in [-0.15, -0.1) is 0 Å². The first-order valence-corrected chi connectivity index (χ1v) is 14.4. The van der Waals surface area contributed by atoms with Crippen LogP contribution in [-0.2, 0) is 10.2 Å². The van der Waals surface area contributed by atoms with Gasteiger partial charge in [-0.05, 0) is 86.3 Å². The Labute approximate surface area is 231 Å². The maximum Gasteiger partial charge on any atom is 0.254 e. The predicted molar refractivity (Wildman–Crippen MR) is 152 cm³/mol. The maximum atomic E-state index is 13.8. The summed E-state index contributed by atoms with van der Waals surface area (Å²) in [6.07, 6.45) is 7.48. The molecule has 0 radical (unpaired) electrons. The number of likely N-dealkylation sites (tertiary alicyclic amines) is 1. The standard InChI is InChI=1S/C31H40ClN3O3/c1-33(2)29(36)27-9-8-25(21-28(27)32)34-16-10-22(11-17-34)23-12-18-35(19-13-23)30(37)31(14-5-15-31)24-6-4-7-26(20-24)38-3/h4,6-9,20-23H,5,10-19H2,1-3H3. The van der Waals surface area contributed by atoms with Crippen LogP contribution in [-0.4, -0.2) is 69.0 Å². The molecule has 1 aliphatic carbocycles. The molecule has 0 N–H and O–H groups in total. The molecule has 3 aliphatic rings. The highest BCUT2D eigenvalue weighted by Gasteiger charge is 2.48. The van der Waals surface area contributed by atoms with Gasteiger partial charge in [0, 0.05) is 46.0 Å². The summed E-state index contributed by atoms with van der Waals surface area (Å²) in [5.74, 6) is 2.45. The van der Waals surface area contributed by atoms with E-state index in [9.17, 15) is 9.59 Å². The molecule has 2 amide bonds. The quantitative estimate of drug-likeness (QED) is 0.479. The number of anilines is 1. The molecule has 0 bridgehead atoms. The van der Waals surface area contributed by atoms with Crippen molar-refractivity contribution in [3.63, 3.8) is 0 Å². The molecule has 204 valence electrons. The van der Waals surface area contributed by atoms with Crippen LogP contribution in [0.5, 0.6) is 5.75 Å². The van der Waals surface area contributed by atoms with Gasteiger partial charge < -0.3 is 19.4 Å². The van der Waals surface area contributed by atoms with Gasteiger partial charge >= 0.3 is 0 Å². The van der Waals surface area contributed by atoms with Crippen molar-refractivity contribution >= 4 is 29.1 Å². The van der Waals surface area contributed by atoms with Crippen LogP contribution in [0.4, 0.5) is 5.69 Å². The molecule has 6 nitrogen and oxygen atoms in total. The van der Waals surface area contributed by atoms with Crippen LogP contribution in [0, 0.1) is 11.8 Å². The summed E-state index contributed by atoms with van der Waals surface area (Å²) in [5, 5.41) is 0.513. The summed E-state index contributed by atoms with van der Waals surface area (Å²) in [7, 11) is 5.16. The largest absolute Gasteiger partial charge is 0.497 e. The van der Waals surface area contributed by atoms with Crippen molar-refractivity contribution in [1.82, 2.24) is 9.80 Å². The normalized spacial score (nSPS) is 20.1. The van der Waals surface area contributed by atoms with E-state index in [0.717, 1.165) is 88.1 Å². The van der Waals surface area contributed by atoms with Gasteiger partial charge in [-0.1, -0.05) is 30.2 Å². The number of amides is 2. The summed E-state index contributed by atoms with van der Waals surface area (Å²) >= 11 is 6.47. The van der Waals surface area contributed by atoms with Crippen molar-refractivity contribution < 1.29 is 14.3 Å². The Morgan fingerprint density at radius 1 is 0.947 bits per heavy atom. The average molecular weight is 538 g/mol. The summed E-state index contributed by atoms with van der Waals surface area (Å²) < 4.78 is 5.44. The predicted octanol–water partition coefficient (Wildman–Crippen LogP) is 5.63. The van der Waals surface area contributed by atoms with Crippen molar-refractivity contribution in [1.29, 1.82) is 0 Å². The molecule has 2 aromatic carbocycles. The zero-order chi connectivity index (χ0) is 26.9. The van der Waals surface area contributed by atoms with Crippen molar-refractivity contribution in [3.8, 4) is 5.75 Å². The monoisotopic (exact) mass is 537 g/mol. The van der Waals surface area contributed by atoms with Crippen molar-refractivity contribution in [3.05, 3.63) is 58.6 Å². The molecule has 0 atom stereocenters. The van der Waals surface area contributed by atoms with Gasteiger partial charge in [-0.25, -0.2) is 0 Å². The van der Waals surface area contributed by atoms with Crippen LogP contribution >= 0.6 is 11.6 Å². The van der Waals surface area contributed by atoms with Gasteiger partial charge in [0.15, 0.2) is 0 Å². The molecule has 3 fully saturated rings. The first kappa shape index (κ1) is 26.9.